The maximum absolute atomic E-state index is 12.9. The van der Waals surface area contributed by atoms with Crippen molar-refractivity contribution in [3.8, 4) is 0 Å². The molecule has 0 aromatic heterocycles. The minimum atomic E-state index is -0.836. The standard InChI is InChI=1S/C32H43NO7/c1-3-4-5-6-7-8-9-10-11-12-13-14-25(34)33-19-24-27(23-18-26(35)39-30(23)36)21-16-15-20(2)17-22(21)28-29(24)32(38)40-31(28)37/h15-17,23-24,27-29H,3-14,18-19H2,1-2H3,(H,33,34). The Morgan fingerprint density at radius 2 is 1.45 bits per heavy atom. The molecule has 0 bridgehead atoms. The molecule has 1 aromatic carbocycles. The van der Waals surface area contributed by atoms with E-state index in [1.807, 2.05) is 25.1 Å². The number of amides is 1. The molecule has 2 aliphatic heterocycles. The number of hydrogen-bond acceptors (Lipinski definition) is 7. The van der Waals surface area contributed by atoms with Crippen LogP contribution in [0.3, 0.4) is 0 Å². The lowest BCUT2D eigenvalue weighted by Gasteiger charge is -2.40. The summed E-state index contributed by atoms with van der Waals surface area (Å²) in [6.45, 7) is 4.23. The second kappa shape index (κ2) is 14.0. The number of fused-ring (bicyclic) bond motifs is 3. The van der Waals surface area contributed by atoms with Crippen molar-refractivity contribution in [2.75, 3.05) is 6.54 Å². The normalized spacial score (nSPS) is 25.4. The van der Waals surface area contributed by atoms with Gasteiger partial charge < -0.3 is 14.8 Å². The summed E-state index contributed by atoms with van der Waals surface area (Å²) >= 11 is 0. The number of benzene rings is 1. The second-order valence-electron chi connectivity index (χ2n) is 11.8. The summed E-state index contributed by atoms with van der Waals surface area (Å²) in [6.07, 6.45) is 13.4. The molecule has 40 heavy (non-hydrogen) atoms. The highest BCUT2D eigenvalue weighted by molar-refractivity contribution is 6.01. The van der Waals surface area contributed by atoms with Crippen molar-refractivity contribution in [1.82, 2.24) is 5.32 Å². The van der Waals surface area contributed by atoms with Gasteiger partial charge >= 0.3 is 23.9 Å². The summed E-state index contributed by atoms with van der Waals surface area (Å²) in [5.74, 6) is -6.16. The predicted octanol–water partition coefficient (Wildman–Crippen LogP) is 5.40. The molecule has 3 aliphatic rings. The van der Waals surface area contributed by atoms with Crippen molar-refractivity contribution < 1.29 is 33.4 Å². The molecule has 0 spiro atoms. The molecule has 2 heterocycles. The van der Waals surface area contributed by atoms with Crippen molar-refractivity contribution in [2.45, 2.75) is 109 Å². The molecule has 2 saturated heterocycles. The second-order valence-corrected chi connectivity index (χ2v) is 11.8. The Kier molecular flexibility index (Phi) is 10.5. The van der Waals surface area contributed by atoms with Gasteiger partial charge in [0.25, 0.3) is 0 Å². The van der Waals surface area contributed by atoms with Gasteiger partial charge in [-0.3, -0.25) is 24.0 Å². The van der Waals surface area contributed by atoms with Crippen LogP contribution >= 0.6 is 0 Å². The molecule has 1 aromatic rings. The summed E-state index contributed by atoms with van der Waals surface area (Å²) in [4.78, 5) is 63.2. The van der Waals surface area contributed by atoms with Gasteiger partial charge in [0.1, 0.15) is 0 Å². The fourth-order valence-electron chi connectivity index (χ4n) is 6.78. The van der Waals surface area contributed by atoms with Crippen molar-refractivity contribution in [2.24, 2.45) is 17.8 Å². The molecular weight excluding hydrogens is 510 g/mol. The maximum Gasteiger partial charge on any atom is 0.321 e. The SMILES string of the molecule is CCCCCCCCCCCCCC(=O)NCC1C2C(=O)OC(=O)C2c2cc(C)ccc2C1C1CC(=O)OC1=O. The molecule has 5 unspecified atom stereocenters. The molecule has 0 radical (unpaired) electrons. The molecular formula is C32H43NO7. The first-order valence-electron chi connectivity index (χ1n) is 15.2. The molecule has 8 heteroatoms. The number of aryl methyl sites for hydroxylation is 1. The first-order chi connectivity index (χ1) is 19.3. The van der Waals surface area contributed by atoms with Gasteiger partial charge in [0.2, 0.25) is 5.91 Å². The van der Waals surface area contributed by atoms with Crippen LogP contribution in [0.2, 0.25) is 0 Å². The highest BCUT2D eigenvalue weighted by Crippen LogP contribution is 2.54. The van der Waals surface area contributed by atoms with Crippen molar-refractivity contribution in [1.29, 1.82) is 0 Å². The van der Waals surface area contributed by atoms with E-state index in [1.54, 1.807) is 0 Å². The Labute approximate surface area is 236 Å². The molecule has 1 aliphatic carbocycles. The molecule has 8 nitrogen and oxygen atoms in total. The van der Waals surface area contributed by atoms with Crippen LogP contribution in [0.5, 0.6) is 0 Å². The van der Waals surface area contributed by atoms with Crippen LogP contribution in [0.15, 0.2) is 18.2 Å². The van der Waals surface area contributed by atoms with Crippen LogP contribution < -0.4 is 5.32 Å². The van der Waals surface area contributed by atoms with E-state index in [-0.39, 0.29) is 18.9 Å². The summed E-state index contributed by atoms with van der Waals surface area (Å²) in [6, 6.07) is 5.60. The van der Waals surface area contributed by atoms with Gasteiger partial charge in [-0.2, -0.15) is 0 Å². The Hall–Kier alpha value is -3.03. The zero-order chi connectivity index (χ0) is 28.6. The van der Waals surface area contributed by atoms with E-state index < -0.39 is 53.5 Å². The summed E-state index contributed by atoms with van der Waals surface area (Å²) in [5, 5.41) is 2.96. The van der Waals surface area contributed by atoms with Crippen LogP contribution in [0, 0.1) is 24.7 Å². The predicted molar refractivity (Wildman–Crippen MR) is 148 cm³/mol. The Morgan fingerprint density at radius 3 is 2.08 bits per heavy atom. The smallest absolute Gasteiger partial charge is 0.321 e. The molecule has 0 saturated carbocycles. The van der Waals surface area contributed by atoms with Gasteiger partial charge in [0.05, 0.1) is 24.2 Å². The minimum Gasteiger partial charge on any atom is -0.393 e. The molecule has 1 N–H and O–H groups in total. The zero-order valence-electron chi connectivity index (χ0n) is 23.9. The van der Waals surface area contributed by atoms with E-state index >= 15 is 0 Å². The van der Waals surface area contributed by atoms with Gasteiger partial charge in [-0.1, -0.05) is 94.9 Å². The summed E-state index contributed by atoms with van der Waals surface area (Å²) < 4.78 is 9.94. The Bertz CT molecular complexity index is 1110. The van der Waals surface area contributed by atoms with Crippen LogP contribution in [-0.2, 0) is 33.4 Å². The van der Waals surface area contributed by atoms with E-state index in [1.165, 1.54) is 51.4 Å². The monoisotopic (exact) mass is 553 g/mol. The number of ether oxygens (including phenoxy) is 2. The Balaban J connectivity index is 1.35. The van der Waals surface area contributed by atoms with E-state index in [0.29, 0.717) is 12.0 Å². The number of cyclic esters (lactones) is 4. The molecule has 5 atom stereocenters. The van der Waals surface area contributed by atoms with Gasteiger partial charge in [-0.05, 0) is 30.4 Å². The van der Waals surface area contributed by atoms with E-state index in [4.69, 9.17) is 9.47 Å². The van der Waals surface area contributed by atoms with E-state index in [9.17, 15) is 24.0 Å². The lowest BCUT2D eigenvalue weighted by molar-refractivity contribution is -0.156. The third-order valence-electron chi connectivity index (χ3n) is 8.82. The van der Waals surface area contributed by atoms with Crippen LogP contribution in [0.4, 0.5) is 0 Å². The highest BCUT2D eigenvalue weighted by Gasteiger charge is 2.58. The third kappa shape index (κ3) is 6.99. The molecule has 1 amide bonds. The van der Waals surface area contributed by atoms with Crippen molar-refractivity contribution in [3.63, 3.8) is 0 Å². The fourth-order valence-corrected chi connectivity index (χ4v) is 6.78. The van der Waals surface area contributed by atoms with Gasteiger partial charge in [0.15, 0.2) is 0 Å². The first-order valence-corrected chi connectivity index (χ1v) is 15.2. The number of nitrogens with one attached hydrogen (secondary N) is 1. The van der Waals surface area contributed by atoms with Gasteiger partial charge in [0, 0.05) is 18.9 Å². The van der Waals surface area contributed by atoms with Crippen LogP contribution in [0.1, 0.15) is 119 Å². The third-order valence-corrected chi connectivity index (χ3v) is 8.82. The molecule has 218 valence electrons. The molecule has 2 fully saturated rings. The number of rotatable bonds is 15. The number of hydrogen-bond donors (Lipinski definition) is 1. The van der Waals surface area contributed by atoms with E-state index in [0.717, 1.165) is 30.4 Å². The van der Waals surface area contributed by atoms with Gasteiger partial charge in [-0.15, -0.1) is 0 Å². The van der Waals surface area contributed by atoms with Crippen LogP contribution in [-0.4, -0.2) is 36.3 Å². The average molecular weight is 554 g/mol. The molecule has 4 rings (SSSR count). The Morgan fingerprint density at radius 1 is 0.800 bits per heavy atom. The van der Waals surface area contributed by atoms with Crippen molar-refractivity contribution >= 4 is 29.8 Å². The largest absolute Gasteiger partial charge is 0.393 e. The maximum atomic E-state index is 12.9. The lowest BCUT2D eigenvalue weighted by Crippen LogP contribution is -2.45. The first kappa shape index (κ1) is 29.9. The van der Waals surface area contributed by atoms with Gasteiger partial charge in [-0.25, -0.2) is 0 Å². The highest BCUT2D eigenvalue weighted by atomic mass is 16.6. The quantitative estimate of drug-likeness (QED) is 0.176. The topological polar surface area (TPSA) is 116 Å². The average Bonchev–Trinajstić information content (AvgIpc) is 3.41. The van der Waals surface area contributed by atoms with Crippen LogP contribution in [0.25, 0.3) is 0 Å². The number of carbonyl (C=O) groups excluding carboxylic acids is 5. The minimum absolute atomic E-state index is 0.0968. The number of carbonyl (C=O) groups is 5. The number of unbranched alkanes of at least 4 members (excludes halogenated alkanes) is 10. The van der Waals surface area contributed by atoms with E-state index in [2.05, 4.69) is 12.2 Å². The zero-order valence-corrected chi connectivity index (χ0v) is 23.9. The summed E-state index contributed by atoms with van der Waals surface area (Å²) in [7, 11) is 0. The van der Waals surface area contributed by atoms with Crippen molar-refractivity contribution in [3.05, 3.63) is 34.9 Å². The number of esters is 4. The fraction of sp³-hybridized carbons (Fsp3) is 0.656. The summed E-state index contributed by atoms with van der Waals surface area (Å²) in [5.41, 5.74) is 2.30. The lowest BCUT2D eigenvalue weighted by atomic mass is 9.60.